The van der Waals surface area contributed by atoms with Gasteiger partial charge in [0.2, 0.25) is 0 Å². The van der Waals surface area contributed by atoms with E-state index in [2.05, 4.69) is 24.1 Å². The van der Waals surface area contributed by atoms with Gasteiger partial charge in [-0.05, 0) is 32.2 Å². The van der Waals surface area contributed by atoms with Crippen LogP contribution in [0.5, 0.6) is 0 Å². The molecule has 0 radical (unpaired) electrons. The average molecular weight is 193 g/mol. The summed E-state index contributed by atoms with van der Waals surface area (Å²) in [6, 6.07) is 0.725. The summed E-state index contributed by atoms with van der Waals surface area (Å²) in [5.74, 6) is 7.06. The van der Waals surface area contributed by atoms with Crippen LogP contribution < -0.4 is 5.32 Å². The van der Waals surface area contributed by atoms with Gasteiger partial charge in [-0.25, -0.2) is 0 Å². The molecule has 0 aromatic heterocycles. The van der Waals surface area contributed by atoms with Gasteiger partial charge in [0.05, 0.1) is 0 Å². The second-order valence-corrected chi connectivity index (χ2v) is 4.19. The lowest BCUT2D eigenvalue weighted by atomic mass is 9.92. The summed E-state index contributed by atoms with van der Waals surface area (Å²) in [7, 11) is 0. The smallest absolute Gasteiger partial charge is 0.0132 e. The predicted octanol–water partition coefficient (Wildman–Crippen LogP) is 2.96. The molecular formula is C13H23N. The third kappa shape index (κ3) is 3.72. The van der Waals surface area contributed by atoms with Crippen LogP contribution in [-0.4, -0.2) is 12.6 Å². The molecule has 80 valence electrons. The van der Waals surface area contributed by atoms with Gasteiger partial charge >= 0.3 is 0 Å². The summed E-state index contributed by atoms with van der Waals surface area (Å²) in [6.07, 6.45) is 8.02. The monoisotopic (exact) mass is 193 g/mol. The van der Waals surface area contributed by atoms with Crippen molar-refractivity contribution in [2.45, 2.75) is 58.4 Å². The molecule has 2 atom stereocenters. The molecule has 14 heavy (non-hydrogen) atoms. The van der Waals surface area contributed by atoms with Crippen molar-refractivity contribution in [3.63, 3.8) is 0 Å². The first-order chi connectivity index (χ1) is 6.88. The van der Waals surface area contributed by atoms with E-state index < -0.39 is 0 Å². The largest absolute Gasteiger partial charge is 0.314 e. The Bertz CT molecular complexity index is 199. The van der Waals surface area contributed by atoms with Crippen molar-refractivity contribution >= 4 is 0 Å². The zero-order valence-corrected chi connectivity index (χ0v) is 9.60. The SMILES string of the molecule is CC#CCC1CCCCCC1NCC. The molecule has 0 heterocycles. The lowest BCUT2D eigenvalue weighted by molar-refractivity contribution is 0.345. The standard InChI is InChI=1S/C13H23N/c1-3-5-9-12-10-7-6-8-11-13(12)14-4-2/h12-14H,4,6-11H2,1-2H3. The first kappa shape index (κ1) is 11.6. The molecule has 0 amide bonds. The van der Waals surface area contributed by atoms with E-state index >= 15 is 0 Å². The van der Waals surface area contributed by atoms with Gasteiger partial charge in [-0.2, -0.15) is 0 Å². The van der Waals surface area contributed by atoms with E-state index in [1.165, 1.54) is 32.1 Å². The summed E-state index contributed by atoms with van der Waals surface area (Å²) >= 11 is 0. The van der Waals surface area contributed by atoms with E-state index in [-0.39, 0.29) is 0 Å². The van der Waals surface area contributed by atoms with Crippen molar-refractivity contribution in [3.05, 3.63) is 0 Å². The molecule has 0 spiro atoms. The lowest BCUT2D eigenvalue weighted by Gasteiger charge is -2.24. The maximum absolute atomic E-state index is 3.62. The van der Waals surface area contributed by atoms with Gasteiger partial charge in [0, 0.05) is 12.5 Å². The minimum Gasteiger partial charge on any atom is -0.314 e. The van der Waals surface area contributed by atoms with Crippen LogP contribution in [0.4, 0.5) is 0 Å². The number of hydrogen-bond acceptors (Lipinski definition) is 1. The van der Waals surface area contributed by atoms with Crippen LogP contribution >= 0.6 is 0 Å². The van der Waals surface area contributed by atoms with Gasteiger partial charge in [-0.15, -0.1) is 11.8 Å². The average Bonchev–Trinajstić information content (AvgIpc) is 2.41. The van der Waals surface area contributed by atoms with Gasteiger partial charge < -0.3 is 5.32 Å². The first-order valence-electron chi connectivity index (χ1n) is 6.01. The molecule has 1 fully saturated rings. The fraction of sp³-hybridized carbons (Fsp3) is 0.846. The molecule has 0 aliphatic heterocycles. The van der Waals surface area contributed by atoms with Crippen molar-refractivity contribution < 1.29 is 0 Å². The van der Waals surface area contributed by atoms with Crippen molar-refractivity contribution in [1.29, 1.82) is 0 Å². The Labute approximate surface area is 88.7 Å². The van der Waals surface area contributed by atoms with Crippen LogP contribution in [0.3, 0.4) is 0 Å². The van der Waals surface area contributed by atoms with Gasteiger partial charge in [0.25, 0.3) is 0 Å². The van der Waals surface area contributed by atoms with E-state index in [0.29, 0.717) is 0 Å². The zero-order valence-electron chi connectivity index (χ0n) is 9.60. The van der Waals surface area contributed by atoms with Crippen LogP contribution in [-0.2, 0) is 0 Å². The number of nitrogens with one attached hydrogen (secondary N) is 1. The molecule has 1 N–H and O–H groups in total. The van der Waals surface area contributed by atoms with Crippen molar-refractivity contribution in [2.75, 3.05) is 6.54 Å². The molecule has 1 nitrogen and oxygen atoms in total. The van der Waals surface area contributed by atoms with Gasteiger partial charge in [-0.3, -0.25) is 0 Å². The van der Waals surface area contributed by atoms with Crippen LogP contribution in [0.1, 0.15) is 52.4 Å². The molecule has 0 aromatic carbocycles. The summed E-state index contributed by atoms with van der Waals surface area (Å²) in [6.45, 7) is 5.24. The van der Waals surface area contributed by atoms with Crippen LogP contribution in [0.25, 0.3) is 0 Å². The molecule has 1 aliphatic rings. The van der Waals surface area contributed by atoms with Crippen LogP contribution in [0, 0.1) is 17.8 Å². The van der Waals surface area contributed by atoms with E-state index in [1.807, 2.05) is 6.92 Å². The fourth-order valence-corrected chi connectivity index (χ4v) is 2.39. The van der Waals surface area contributed by atoms with Gasteiger partial charge in [-0.1, -0.05) is 26.2 Å². The quantitative estimate of drug-likeness (QED) is 0.537. The van der Waals surface area contributed by atoms with Crippen LogP contribution in [0.15, 0.2) is 0 Å². The molecular weight excluding hydrogens is 170 g/mol. The second kappa shape index (κ2) is 6.90. The maximum Gasteiger partial charge on any atom is 0.0132 e. The Morgan fingerprint density at radius 2 is 2.00 bits per heavy atom. The maximum atomic E-state index is 3.62. The Morgan fingerprint density at radius 3 is 2.71 bits per heavy atom. The molecule has 1 aliphatic carbocycles. The van der Waals surface area contributed by atoms with Crippen LogP contribution in [0.2, 0.25) is 0 Å². The van der Waals surface area contributed by atoms with Crippen molar-refractivity contribution in [3.8, 4) is 11.8 Å². The van der Waals surface area contributed by atoms with E-state index in [1.54, 1.807) is 0 Å². The number of rotatable bonds is 3. The minimum absolute atomic E-state index is 0.725. The summed E-state index contributed by atoms with van der Waals surface area (Å²) in [4.78, 5) is 0. The summed E-state index contributed by atoms with van der Waals surface area (Å²) in [5, 5.41) is 3.62. The van der Waals surface area contributed by atoms with Crippen molar-refractivity contribution in [1.82, 2.24) is 5.32 Å². The normalized spacial score (nSPS) is 27.6. The third-order valence-electron chi connectivity index (χ3n) is 3.17. The topological polar surface area (TPSA) is 12.0 Å². The Hall–Kier alpha value is -0.480. The lowest BCUT2D eigenvalue weighted by Crippen LogP contribution is -2.35. The third-order valence-corrected chi connectivity index (χ3v) is 3.17. The fourth-order valence-electron chi connectivity index (χ4n) is 2.39. The number of hydrogen-bond donors (Lipinski definition) is 1. The van der Waals surface area contributed by atoms with E-state index in [0.717, 1.165) is 24.9 Å². The molecule has 1 heteroatoms. The van der Waals surface area contributed by atoms with Gasteiger partial charge in [0.1, 0.15) is 0 Å². The highest BCUT2D eigenvalue weighted by molar-refractivity contribution is 4.98. The Morgan fingerprint density at radius 1 is 1.21 bits per heavy atom. The molecule has 1 rings (SSSR count). The summed E-state index contributed by atoms with van der Waals surface area (Å²) in [5.41, 5.74) is 0. The first-order valence-corrected chi connectivity index (χ1v) is 6.01. The highest BCUT2D eigenvalue weighted by Gasteiger charge is 2.21. The summed E-state index contributed by atoms with van der Waals surface area (Å²) < 4.78 is 0. The molecule has 2 unspecified atom stereocenters. The highest BCUT2D eigenvalue weighted by atomic mass is 14.9. The Kier molecular flexibility index (Phi) is 5.71. The molecule has 0 aromatic rings. The second-order valence-electron chi connectivity index (χ2n) is 4.19. The predicted molar refractivity (Wildman–Crippen MR) is 62.1 cm³/mol. The highest BCUT2D eigenvalue weighted by Crippen LogP contribution is 2.25. The minimum atomic E-state index is 0.725. The van der Waals surface area contributed by atoms with Gasteiger partial charge in [0.15, 0.2) is 0 Å². The van der Waals surface area contributed by atoms with Crippen molar-refractivity contribution in [2.24, 2.45) is 5.92 Å². The zero-order chi connectivity index (χ0) is 10.2. The van der Waals surface area contributed by atoms with E-state index in [9.17, 15) is 0 Å². The molecule has 0 saturated heterocycles. The molecule has 1 saturated carbocycles. The van der Waals surface area contributed by atoms with E-state index in [4.69, 9.17) is 0 Å². The Balaban J connectivity index is 2.47. The molecule has 0 bridgehead atoms.